The van der Waals surface area contributed by atoms with Crippen LogP contribution in [0.1, 0.15) is 193 Å². The molecule has 11 aromatic carbocycles. The zero-order valence-corrected chi connectivity index (χ0v) is 82.0. The largest absolute Gasteiger partial charge is 0.497 e. The normalized spacial score (nSPS) is 17.8. The van der Waals surface area contributed by atoms with Crippen LogP contribution in [0.4, 0.5) is 0 Å². The molecule has 0 saturated carbocycles. The Kier molecular flexibility index (Phi) is 38.2. The van der Waals surface area contributed by atoms with Crippen LogP contribution in [0.5, 0.6) is 11.5 Å². The number of ether oxygens (including phenoxy) is 2. The first-order valence-corrected chi connectivity index (χ1v) is 48.4. The van der Waals surface area contributed by atoms with Crippen molar-refractivity contribution in [2.75, 3.05) is 79.7 Å². The third-order valence-electron chi connectivity index (χ3n) is 26.6. The standard InChI is InChI=1S/C30H27N3O2.C23H23ClN2O.C23H24N2O2.C22H21ClN2O.C22H22N2O/c1-21(23-8-4-3-5-9-23)14-27(19-32)30(34)33-13-12-24(20-33)25-15-22(18-31)16-26(17-25)28-10-6-7-11-29(28)35-2;1-16(19-8-9-22(24)17(2)13-19)12-21(14-25)23(27)26-11-10-20(15-26)18-6-4-3-5-7-18;1-17(18-8-10-22(27-2)11-9-18)14-21(15-24)23(26)25-13-12-20(16-25)19-6-4-3-5-7-19;1-16(18-8-5-9-21(23)13-18)12-20(14-24)22(26)25-11-10-19(15-25)17-6-3-2-4-7-17;1-17(18-8-4-2-5-9-18)14-21(15-23)22(25)24-13-12-20(16-24)19-10-6-3-7-11-19/h3-11,14-17,21,24H,12-13,20H2,1-2H3;3-9,12-13,16,20H,10-11,15H2,1-2H3;3-11,14,17,20H,12-13,16H2,1-2H3;2-9,12-13,16,19H,10-11,15H2,1H3;2-11,14,17,20H,12-13,16H2,1H3/b27-14+;21-12+;21-14+;20-12+;21-14+/t;;;;17-,20-/m....0/s1. The van der Waals surface area contributed by atoms with E-state index in [9.17, 15) is 55.5 Å². The number of allylic oxidation sites excluding steroid dienone is 5. The summed E-state index contributed by atoms with van der Waals surface area (Å²) in [5, 5.41) is 58.8. The minimum Gasteiger partial charge on any atom is -0.497 e. The molecular formula is C120H117Cl2N11O7. The Bertz CT molecular complexity index is 6550. The minimum atomic E-state index is -0.237. The molecule has 0 bridgehead atoms. The molecule has 5 heterocycles. The zero-order chi connectivity index (χ0) is 99.6. The summed E-state index contributed by atoms with van der Waals surface area (Å²) < 4.78 is 10.7. The second-order valence-corrected chi connectivity index (χ2v) is 36.9. The van der Waals surface area contributed by atoms with Gasteiger partial charge in [-0.1, -0.05) is 331 Å². The van der Waals surface area contributed by atoms with E-state index in [4.69, 9.17) is 32.7 Å². The summed E-state index contributed by atoms with van der Waals surface area (Å²) in [6.45, 7) is 18.4. The van der Waals surface area contributed by atoms with Crippen LogP contribution in [-0.4, -0.2) is 134 Å². The molecule has 5 aliphatic rings. The van der Waals surface area contributed by atoms with Gasteiger partial charge in [-0.3, -0.25) is 24.0 Å². The van der Waals surface area contributed by atoms with Gasteiger partial charge in [0.15, 0.2) is 0 Å². The van der Waals surface area contributed by atoms with Crippen molar-refractivity contribution in [1.82, 2.24) is 24.5 Å². The van der Waals surface area contributed by atoms with Crippen molar-refractivity contribution in [3.05, 3.63) is 426 Å². The maximum atomic E-state index is 13.2. The Morgan fingerprint density at radius 1 is 0.321 bits per heavy atom. The molecule has 18 nitrogen and oxygen atoms in total. The summed E-state index contributed by atoms with van der Waals surface area (Å²) in [5.41, 5.74) is 15.7. The summed E-state index contributed by atoms with van der Waals surface area (Å²) in [5.74, 6) is 1.97. The Hall–Kier alpha value is -15.4. The van der Waals surface area contributed by atoms with Gasteiger partial charge in [-0.2, -0.15) is 31.6 Å². The van der Waals surface area contributed by atoms with E-state index < -0.39 is 0 Å². The zero-order valence-electron chi connectivity index (χ0n) is 80.5. The maximum Gasteiger partial charge on any atom is 0.264 e. The highest BCUT2D eigenvalue weighted by atomic mass is 35.5. The lowest BCUT2D eigenvalue weighted by Gasteiger charge is -2.18. The number of halogens is 2. The number of methoxy groups -OCH3 is 2. The van der Waals surface area contributed by atoms with E-state index in [0.29, 0.717) is 99.7 Å². The molecule has 5 fully saturated rings. The van der Waals surface area contributed by atoms with Gasteiger partial charge in [0.2, 0.25) is 0 Å². The molecule has 20 heteroatoms. The number of nitriles is 6. The first kappa shape index (κ1) is 104. The van der Waals surface area contributed by atoms with Crippen LogP contribution in [0.15, 0.2) is 349 Å². The molecule has 140 heavy (non-hydrogen) atoms. The van der Waals surface area contributed by atoms with Crippen molar-refractivity contribution < 1.29 is 33.4 Å². The van der Waals surface area contributed by atoms with Gasteiger partial charge in [-0.25, -0.2) is 0 Å². The number of hydrogen-bond donors (Lipinski definition) is 0. The molecule has 8 unspecified atom stereocenters. The summed E-state index contributed by atoms with van der Waals surface area (Å²) in [7, 11) is 3.26. The number of aryl methyl sites for hydroxylation is 1. The molecule has 5 amide bonds. The smallest absolute Gasteiger partial charge is 0.264 e. The summed E-state index contributed by atoms with van der Waals surface area (Å²) in [6.07, 6.45) is 13.3. The van der Waals surface area contributed by atoms with Crippen molar-refractivity contribution in [2.45, 2.75) is 133 Å². The third kappa shape index (κ3) is 28.2. The van der Waals surface area contributed by atoms with E-state index in [1.807, 2.05) is 283 Å². The Morgan fingerprint density at radius 2 is 0.614 bits per heavy atom. The quantitative estimate of drug-likeness (QED) is 0.0426. The van der Waals surface area contributed by atoms with Gasteiger partial charge >= 0.3 is 0 Å². The van der Waals surface area contributed by atoms with E-state index in [1.54, 1.807) is 64.2 Å². The van der Waals surface area contributed by atoms with Crippen molar-refractivity contribution in [3.63, 3.8) is 0 Å². The van der Waals surface area contributed by atoms with Crippen molar-refractivity contribution in [1.29, 1.82) is 31.6 Å². The third-order valence-corrected chi connectivity index (χ3v) is 27.3. The molecule has 0 spiro atoms. The predicted molar refractivity (Wildman–Crippen MR) is 553 cm³/mol. The number of rotatable bonds is 23. The van der Waals surface area contributed by atoms with Crippen LogP contribution in [-0.2, 0) is 24.0 Å². The molecule has 708 valence electrons. The molecule has 0 aromatic heterocycles. The fraction of sp³-hybridized carbons (Fsp3) is 0.275. The van der Waals surface area contributed by atoms with Gasteiger partial charge < -0.3 is 34.0 Å². The Balaban J connectivity index is 0.000000157. The average Bonchev–Trinajstić information content (AvgIpc) is 1.53. The van der Waals surface area contributed by atoms with Crippen LogP contribution >= 0.6 is 23.2 Å². The molecular weight excluding hydrogens is 1780 g/mol. The molecule has 16 rings (SSSR count). The molecule has 0 radical (unpaired) electrons. The lowest BCUT2D eigenvalue weighted by Crippen LogP contribution is -2.29. The second-order valence-electron chi connectivity index (χ2n) is 36.0. The van der Waals surface area contributed by atoms with Crippen LogP contribution in [0.3, 0.4) is 0 Å². The highest BCUT2D eigenvalue weighted by Gasteiger charge is 2.36. The highest BCUT2D eigenvalue weighted by Crippen LogP contribution is 2.39. The fourth-order valence-corrected chi connectivity index (χ4v) is 18.8. The topological polar surface area (TPSA) is 263 Å². The minimum absolute atomic E-state index is 0.0259. The van der Waals surface area contributed by atoms with E-state index in [2.05, 4.69) is 91.0 Å². The lowest BCUT2D eigenvalue weighted by atomic mass is 9.92. The van der Waals surface area contributed by atoms with E-state index in [0.717, 1.165) is 98.7 Å². The number of amides is 5. The van der Waals surface area contributed by atoms with Gasteiger partial charge in [0.05, 0.1) is 25.9 Å². The van der Waals surface area contributed by atoms with Crippen LogP contribution in [0, 0.1) is 74.9 Å². The number of likely N-dealkylation sites (tertiary alicyclic amines) is 5. The van der Waals surface area contributed by atoms with Crippen molar-refractivity contribution in [3.8, 4) is 59.0 Å². The second kappa shape index (κ2) is 51.7. The molecule has 5 aliphatic heterocycles. The average molecular weight is 1900 g/mol. The molecule has 0 N–H and O–H groups in total. The summed E-state index contributed by atoms with van der Waals surface area (Å²) >= 11 is 12.1. The molecule has 0 aliphatic carbocycles. The molecule has 10 atom stereocenters. The lowest BCUT2D eigenvalue weighted by molar-refractivity contribution is -0.126. The first-order chi connectivity index (χ1) is 67.9. The predicted octanol–water partition coefficient (Wildman–Crippen LogP) is 24.5. The van der Waals surface area contributed by atoms with Crippen LogP contribution in [0.2, 0.25) is 10.0 Å². The van der Waals surface area contributed by atoms with Crippen molar-refractivity contribution in [2.24, 2.45) is 0 Å². The number of carbonyl (C=O) groups excluding carboxylic acids is 5. The summed E-state index contributed by atoms with van der Waals surface area (Å²) in [6, 6.07) is 108. The number of benzene rings is 11. The van der Waals surface area contributed by atoms with Crippen molar-refractivity contribution >= 4 is 52.7 Å². The van der Waals surface area contributed by atoms with Gasteiger partial charge in [0, 0.05) is 140 Å². The van der Waals surface area contributed by atoms with Gasteiger partial charge in [0.1, 0.15) is 69.7 Å². The number of carbonyl (C=O) groups is 5. The van der Waals surface area contributed by atoms with Crippen LogP contribution in [0.25, 0.3) is 11.1 Å². The Morgan fingerprint density at radius 3 is 0.929 bits per heavy atom. The van der Waals surface area contributed by atoms with E-state index >= 15 is 0 Å². The number of para-hydroxylation sites is 1. The number of hydrogen-bond acceptors (Lipinski definition) is 13. The fourth-order valence-electron chi connectivity index (χ4n) is 18.5. The van der Waals surface area contributed by atoms with Gasteiger partial charge in [-0.05, 0) is 154 Å². The molecule has 11 aromatic rings. The SMILES string of the molecule is CC(/C=C(\C#N)C(=O)N1CCC(c2ccccc2)C1)c1cccc(Cl)c1.COc1ccc(C(C)/C=C(\C#N)C(=O)N2CCC(c3ccccc3)C2)cc1.COc1ccccc1-c1cc(C#N)cc(C2CCN(C(=O)/C(C#N)=C/C(C)c3ccccc3)C2)c1.C[C@@H](/C=C(\C#N)C(=O)N1CC[C@H](c2ccccc2)C1)c1ccccc1.Cc1cc(C(C)/C=C(\C#N)C(=O)N2CCC(c3ccccc3)C2)ccc1Cl. The highest BCUT2D eigenvalue weighted by molar-refractivity contribution is 6.31. The van der Waals surface area contributed by atoms with Gasteiger partial charge in [-0.15, -0.1) is 0 Å². The van der Waals surface area contributed by atoms with Crippen LogP contribution < -0.4 is 9.47 Å². The number of nitrogens with zero attached hydrogens (tertiary/aromatic N) is 11. The van der Waals surface area contributed by atoms with E-state index in [1.165, 1.54) is 22.3 Å². The Labute approximate surface area is 834 Å². The monoisotopic (exact) mass is 1890 g/mol. The van der Waals surface area contributed by atoms with E-state index in [-0.39, 0.29) is 92.9 Å². The maximum absolute atomic E-state index is 13.2. The summed E-state index contributed by atoms with van der Waals surface area (Å²) in [4.78, 5) is 73.4. The first-order valence-electron chi connectivity index (χ1n) is 47.6. The van der Waals surface area contributed by atoms with Gasteiger partial charge in [0.25, 0.3) is 29.5 Å². The molecule has 5 saturated heterocycles.